The highest BCUT2D eigenvalue weighted by Crippen LogP contribution is 2.17. The van der Waals surface area contributed by atoms with Gasteiger partial charge in [0, 0.05) is 29.8 Å². The lowest BCUT2D eigenvalue weighted by atomic mass is 10.2. The Morgan fingerprint density at radius 3 is 2.75 bits per heavy atom. The van der Waals surface area contributed by atoms with Gasteiger partial charge in [0.05, 0.1) is 11.9 Å². The minimum absolute atomic E-state index is 0.166. The number of nitrogens with zero attached hydrogens (tertiary/aromatic N) is 3. The molecular formula is C14H13BrFN3O. The fraction of sp³-hybridized carbons (Fsp3) is 0.214. The minimum atomic E-state index is -0.345. The number of hydrogen-bond acceptors (Lipinski definition) is 3. The van der Waals surface area contributed by atoms with Gasteiger partial charge in [-0.05, 0) is 25.1 Å². The second-order valence-corrected chi connectivity index (χ2v) is 5.36. The van der Waals surface area contributed by atoms with Crippen LogP contribution in [0.3, 0.4) is 0 Å². The zero-order valence-electron chi connectivity index (χ0n) is 11.1. The summed E-state index contributed by atoms with van der Waals surface area (Å²) in [5.74, 6) is -0.639. The normalized spacial score (nSPS) is 10.4. The first-order valence-corrected chi connectivity index (χ1v) is 6.74. The van der Waals surface area contributed by atoms with Crippen LogP contribution in [0, 0.1) is 12.7 Å². The maximum Gasteiger partial charge on any atom is 0.274 e. The molecule has 0 bridgehead atoms. The van der Waals surface area contributed by atoms with Gasteiger partial charge < -0.3 is 4.90 Å². The molecule has 0 aliphatic heterocycles. The highest BCUT2D eigenvalue weighted by molar-refractivity contribution is 9.10. The Hall–Kier alpha value is -1.82. The molecule has 0 N–H and O–H groups in total. The molecule has 0 unspecified atom stereocenters. The predicted molar refractivity (Wildman–Crippen MR) is 76.7 cm³/mol. The fourth-order valence-corrected chi connectivity index (χ4v) is 2.10. The largest absolute Gasteiger partial charge is 0.336 e. The van der Waals surface area contributed by atoms with Gasteiger partial charge in [0.15, 0.2) is 0 Å². The summed E-state index contributed by atoms with van der Waals surface area (Å²) >= 11 is 3.28. The summed E-state index contributed by atoms with van der Waals surface area (Å²) < 4.78 is 14.4. The van der Waals surface area contributed by atoms with Crippen molar-refractivity contribution in [3.8, 4) is 0 Å². The van der Waals surface area contributed by atoms with Crippen molar-refractivity contribution in [2.24, 2.45) is 0 Å². The van der Waals surface area contributed by atoms with E-state index in [0.29, 0.717) is 5.56 Å². The Morgan fingerprint density at radius 2 is 2.10 bits per heavy atom. The van der Waals surface area contributed by atoms with E-state index in [4.69, 9.17) is 0 Å². The maximum absolute atomic E-state index is 13.7. The number of amides is 1. The standard InChI is InChI=1S/C14H13BrFN3O/c1-9-6-18-13(7-17-9)14(20)19(2)8-10-5-11(15)3-4-12(10)16/h3-7H,8H2,1-2H3. The number of benzene rings is 1. The van der Waals surface area contributed by atoms with Crippen molar-refractivity contribution < 1.29 is 9.18 Å². The molecule has 0 radical (unpaired) electrons. The Bertz CT molecular complexity index is 631. The van der Waals surface area contributed by atoms with E-state index in [2.05, 4.69) is 25.9 Å². The average Bonchev–Trinajstić information content (AvgIpc) is 2.43. The molecule has 1 aromatic heterocycles. The van der Waals surface area contributed by atoms with Gasteiger partial charge in [-0.3, -0.25) is 9.78 Å². The zero-order chi connectivity index (χ0) is 14.7. The third kappa shape index (κ3) is 3.39. The lowest BCUT2D eigenvalue weighted by Gasteiger charge is -2.17. The summed E-state index contributed by atoms with van der Waals surface area (Å²) in [7, 11) is 1.60. The van der Waals surface area contributed by atoms with Crippen molar-refractivity contribution in [3.63, 3.8) is 0 Å². The van der Waals surface area contributed by atoms with Crippen LogP contribution in [0.4, 0.5) is 4.39 Å². The van der Waals surface area contributed by atoms with E-state index < -0.39 is 0 Å². The Morgan fingerprint density at radius 1 is 1.35 bits per heavy atom. The number of hydrogen-bond donors (Lipinski definition) is 0. The van der Waals surface area contributed by atoms with Gasteiger partial charge in [-0.1, -0.05) is 15.9 Å². The number of carbonyl (C=O) groups is 1. The van der Waals surface area contributed by atoms with Crippen LogP contribution in [0.15, 0.2) is 35.1 Å². The summed E-state index contributed by atoms with van der Waals surface area (Å²) in [5, 5.41) is 0. The Kier molecular flexibility index (Phi) is 4.44. The number of halogens is 2. The van der Waals surface area contributed by atoms with Crippen LogP contribution in [0.1, 0.15) is 21.7 Å². The average molecular weight is 338 g/mol. The first kappa shape index (κ1) is 14.6. The van der Waals surface area contributed by atoms with E-state index in [1.165, 1.54) is 23.4 Å². The van der Waals surface area contributed by atoms with Crippen LogP contribution in [-0.4, -0.2) is 27.8 Å². The van der Waals surface area contributed by atoms with E-state index in [0.717, 1.165) is 10.2 Å². The number of aromatic nitrogens is 2. The molecular weight excluding hydrogens is 325 g/mol. The first-order valence-electron chi connectivity index (χ1n) is 5.95. The third-order valence-corrected chi connectivity index (χ3v) is 3.26. The van der Waals surface area contributed by atoms with Crippen molar-refractivity contribution in [2.75, 3.05) is 7.05 Å². The molecule has 0 saturated heterocycles. The minimum Gasteiger partial charge on any atom is -0.336 e. The van der Waals surface area contributed by atoms with Crippen LogP contribution in [0.25, 0.3) is 0 Å². The molecule has 1 amide bonds. The molecule has 104 valence electrons. The molecule has 4 nitrogen and oxygen atoms in total. The lowest BCUT2D eigenvalue weighted by molar-refractivity contribution is 0.0777. The molecule has 0 fully saturated rings. The SMILES string of the molecule is Cc1cnc(C(=O)N(C)Cc2cc(Br)ccc2F)cn1. The summed E-state index contributed by atoms with van der Waals surface area (Å²) in [6.07, 6.45) is 2.95. The summed E-state index contributed by atoms with van der Waals surface area (Å²) in [5.41, 5.74) is 1.42. The van der Waals surface area contributed by atoms with Gasteiger partial charge >= 0.3 is 0 Å². The maximum atomic E-state index is 13.7. The van der Waals surface area contributed by atoms with Crippen molar-refractivity contribution >= 4 is 21.8 Å². The number of rotatable bonds is 3. The van der Waals surface area contributed by atoms with Crippen LogP contribution < -0.4 is 0 Å². The molecule has 0 spiro atoms. The molecule has 0 aliphatic carbocycles. The first-order chi connectivity index (χ1) is 9.47. The van der Waals surface area contributed by atoms with Crippen molar-refractivity contribution in [2.45, 2.75) is 13.5 Å². The van der Waals surface area contributed by atoms with Gasteiger partial charge in [0.1, 0.15) is 11.5 Å². The van der Waals surface area contributed by atoms with Crippen molar-refractivity contribution in [1.29, 1.82) is 0 Å². The monoisotopic (exact) mass is 337 g/mol. The van der Waals surface area contributed by atoms with Gasteiger partial charge in [0.2, 0.25) is 0 Å². The summed E-state index contributed by atoms with van der Waals surface area (Å²) in [6.45, 7) is 1.96. The summed E-state index contributed by atoms with van der Waals surface area (Å²) in [6, 6.07) is 4.63. The quantitative estimate of drug-likeness (QED) is 0.864. The van der Waals surface area contributed by atoms with E-state index in [1.807, 2.05) is 0 Å². The number of aryl methyl sites for hydroxylation is 1. The predicted octanol–water partition coefficient (Wildman–Crippen LogP) is 2.96. The molecule has 0 saturated carbocycles. The molecule has 20 heavy (non-hydrogen) atoms. The van der Waals surface area contributed by atoms with Gasteiger partial charge in [-0.2, -0.15) is 0 Å². The molecule has 0 atom stereocenters. The van der Waals surface area contributed by atoms with Crippen molar-refractivity contribution in [1.82, 2.24) is 14.9 Å². The van der Waals surface area contributed by atoms with E-state index in [9.17, 15) is 9.18 Å². The van der Waals surface area contributed by atoms with Gasteiger partial charge in [0.25, 0.3) is 5.91 Å². The summed E-state index contributed by atoms with van der Waals surface area (Å²) in [4.78, 5) is 21.6. The second-order valence-electron chi connectivity index (χ2n) is 4.44. The van der Waals surface area contributed by atoms with E-state index in [-0.39, 0.29) is 24.0 Å². The Labute approximate surface area is 124 Å². The zero-order valence-corrected chi connectivity index (χ0v) is 12.7. The highest BCUT2D eigenvalue weighted by Gasteiger charge is 2.15. The molecule has 6 heteroatoms. The van der Waals surface area contributed by atoms with Crippen LogP contribution >= 0.6 is 15.9 Å². The fourth-order valence-electron chi connectivity index (χ4n) is 1.69. The van der Waals surface area contributed by atoms with Crippen LogP contribution in [-0.2, 0) is 6.54 Å². The lowest BCUT2D eigenvalue weighted by Crippen LogP contribution is -2.27. The molecule has 1 aromatic carbocycles. The topological polar surface area (TPSA) is 46.1 Å². The van der Waals surface area contributed by atoms with Crippen LogP contribution in [0.5, 0.6) is 0 Å². The smallest absolute Gasteiger partial charge is 0.274 e. The molecule has 1 heterocycles. The third-order valence-electron chi connectivity index (χ3n) is 2.76. The Balaban J connectivity index is 2.15. The van der Waals surface area contributed by atoms with Crippen molar-refractivity contribution in [3.05, 3.63) is 57.8 Å². The molecule has 0 aliphatic rings. The molecule has 2 rings (SSSR count). The van der Waals surface area contributed by atoms with E-state index >= 15 is 0 Å². The highest BCUT2D eigenvalue weighted by atomic mass is 79.9. The van der Waals surface area contributed by atoms with E-state index in [1.54, 1.807) is 26.1 Å². The second kappa shape index (κ2) is 6.09. The van der Waals surface area contributed by atoms with Crippen LogP contribution in [0.2, 0.25) is 0 Å². The van der Waals surface area contributed by atoms with Gasteiger partial charge in [-0.25, -0.2) is 9.37 Å². The van der Waals surface area contributed by atoms with Gasteiger partial charge in [-0.15, -0.1) is 0 Å². The molecule has 2 aromatic rings. The number of carbonyl (C=O) groups excluding carboxylic acids is 1.